The van der Waals surface area contributed by atoms with Crippen LogP contribution in [0.25, 0.3) is 10.8 Å². The quantitative estimate of drug-likeness (QED) is 0.534. The molecular weight excluding hydrogens is 156 g/mol. The van der Waals surface area contributed by atoms with Crippen LogP contribution in [0.15, 0.2) is 23.4 Å². The van der Waals surface area contributed by atoms with Crippen LogP contribution < -0.4 is 5.56 Å². The van der Waals surface area contributed by atoms with Crippen LogP contribution in [-0.4, -0.2) is 20.0 Å². The fraction of sp³-hybridized carbons (Fsp3) is 0.143. The summed E-state index contributed by atoms with van der Waals surface area (Å²) in [5.74, 6) is 0. The molecule has 0 aliphatic heterocycles. The van der Waals surface area contributed by atoms with E-state index in [-0.39, 0.29) is 5.56 Å². The van der Waals surface area contributed by atoms with Crippen LogP contribution >= 0.6 is 0 Å². The zero-order valence-electron chi connectivity index (χ0n) is 6.43. The van der Waals surface area contributed by atoms with E-state index >= 15 is 0 Å². The summed E-state index contributed by atoms with van der Waals surface area (Å²) in [5.41, 5.74) is -0.151. The Bertz CT molecular complexity index is 476. The van der Waals surface area contributed by atoms with Crippen molar-refractivity contribution >= 4 is 10.8 Å². The molecule has 2 heterocycles. The van der Waals surface area contributed by atoms with Crippen molar-refractivity contribution in [2.75, 3.05) is 0 Å². The third kappa shape index (κ3) is 0.868. The molecule has 60 valence electrons. The predicted octanol–water partition coefficient (Wildman–Crippen LogP) is -0.276. The molecule has 0 bridgehead atoms. The summed E-state index contributed by atoms with van der Waals surface area (Å²) in [7, 11) is 1.60. The van der Waals surface area contributed by atoms with Crippen molar-refractivity contribution in [1.29, 1.82) is 0 Å². The van der Waals surface area contributed by atoms with Crippen LogP contribution in [0.4, 0.5) is 0 Å². The molecule has 5 nitrogen and oxygen atoms in total. The molecule has 0 fully saturated rings. The Balaban J connectivity index is 3.01. The number of aryl methyl sites for hydroxylation is 1. The minimum Gasteiger partial charge on any atom is -0.267 e. The Morgan fingerprint density at radius 3 is 2.83 bits per heavy atom. The van der Waals surface area contributed by atoms with Crippen LogP contribution in [0.3, 0.4) is 0 Å². The van der Waals surface area contributed by atoms with E-state index in [2.05, 4.69) is 15.3 Å². The molecule has 0 N–H and O–H groups in total. The summed E-state index contributed by atoms with van der Waals surface area (Å²) in [5, 5.41) is 12.4. The van der Waals surface area contributed by atoms with Crippen molar-refractivity contribution in [3.63, 3.8) is 0 Å². The van der Waals surface area contributed by atoms with Gasteiger partial charge in [-0.2, -0.15) is 15.3 Å². The summed E-state index contributed by atoms with van der Waals surface area (Å²) in [6.07, 6.45) is 4.55. The lowest BCUT2D eigenvalue weighted by molar-refractivity contribution is 0.717. The van der Waals surface area contributed by atoms with Crippen molar-refractivity contribution in [3.05, 3.63) is 28.9 Å². The number of fused-ring (bicyclic) bond motifs is 1. The van der Waals surface area contributed by atoms with E-state index in [0.29, 0.717) is 10.8 Å². The van der Waals surface area contributed by atoms with Crippen molar-refractivity contribution in [2.24, 2.45) is 7.05 Å². The first kappa shape index (κ1) is 6.90. The molecule has 0 unspecified atom stereocenters. The van der Waals surface area contributed by atoms with Crippen molar-refractivity contribution < 1.29 is 0 Å². The number of hydrogen-bond donors (Lipinski definition) is 0. The second kappa shape index (κ2) is 2.37. The van der Waals surface area contributed by atoms with E-state index in [1.54, 1.807) is 13.2 Å². The molecule has 12 heavy (non-hydrogen) atoms. The van der Waals surface area contributed by atoms with Crippen LogP contribution in [0, 0.1) is 0 Å². The molecule has 5 heteroatoms. The first-order chi connectivity index (χ1) is 5.79. The number of nitrogens with zero attached hydrogens (tertiary/aromatic N) is 4. The maximum absolute atomic E-state index is 11.4. The van der Waals surface area contributed by atoms with Gasteiger partial charge in [-0.1, -0.05) is 0 Å². The second-order valence-electron chi connectivity index (χ2n) is 2.43. The predicted molar refractivity (Wildman–Crippen MR) is 42.6 cm³/mol. The van der Waals surface area contributed by atoms with Gasteiger partial charge < -0.3 is 0 Å². The van der Waals surface area contributed by atoms with Crippen molar-refractivity contribution in [1.82, 2.24) is 20.0 Å². The maximum Gasteiger partial charge on any atom is 0.276 e. The van der Waals surface area contributed by atoms with Gasteiger partial charge in [-0.3, -0.25) is 4.79 Å². The first-order valence-corrected chi connectivity index (χ1v) is 3.42. The number of aromatic nitrogens is 4. The van der Waals surface area contributed by atoms with Gasteiger partial charge in [0.05, 0.1) is 24.0 Å². The molecule has 0 saturated carbocycles. The lowest BCUT2D eigenvalue weighted by Crippen LogP contribution is -2.19. The molecule has 0 atom stereocenters. The summed E-state index contributed by atoms with van der Waals surface area (Å²) in [6.45, 7) is 0. The van der Waals surface area contributed by atoms with E-state index < -0.39 is 0 Å². The minimum absolute atomic E-state index is 0.151. The second-order valence-corrected chi connectivity index (χ2v) is 2.43. The average Bonchev–Trinajstić information content (AvgIpc) is 2.12. The summed E-state index contributed by atoms with van der Waals surface area (Å²) in [6, 6.07) is 0. The van der Waals surface area contributed by atoms with E-state index in [1.165, 1.54) is 17.1 Å². The van der Waals surface area contributed by atoms with E-state index in [9.17, 15) is 4.79 Å². The van der Waals surface area contributed by atoms with Gasteiger partial charge in [0.1, 0.15) is 0 Å². The fourth-order valence-electron chi connectivity index (χ4n) is 0.988. The molecule has 0 aromatic carbocycles. The Morgan fingerprint density at radius 2 is 2.00 bits per heavy atom. The molecule has 2 aromatic heterocycles. The lowest BCUT2D eigenvalue weighted by Gasteiger charge is -1.96. The Hall–Kier alpha value is -1.78. The van der Waals surface area contributed by atoms with Gasteiger partial charge in [-0.05, 0) is 0 Å². The van der Waals surface area contributed by atoms with E-state index in [4.69, 9.17) is 0 Å². The van der Waals surface area contributed by atoms with Gasteiger partial charge in [0.2, 0.25) is 0 Å². The monoisotopic (exact) mass is 162 g/mol. The normalized spacial score (nSPS) is 10.4. The molecule has 0 saturated heterocycles. The molecule has 0 aliphatic carbocycles. The third-order valence-electron chi connectivity index (χ3n) is 1.66. The standard InChI is InChI=1S/C7H6N4O/c1-11-7(12)6-4-9-8-2-5(6)3-10-11/h2-4H,1H3. The van der Waals surface area contributed by atoms with Crippen molar-refractivity contribution in [2.45, 2.75) is 0 Å². The molecule has 0 radical (unpaired) electrons. The number of hydrogen-bond acceptors (Lipinski definition) is 4. The zero-order chi connectivity index (χ0) is 8.55. The van der Waals surface area contributed by atoms with Gasteiger partial charge in [0.25, 0.3) is 5.56 Å². The van der Waals surface area contributed by atoms with E-state index in [0.717, 1.165) is 0 Å². The Morgan fingerprint density at radius 1 is 1.25 bits per heavy atom. The van der Waals surface area contributed by atoms with Gasteiger partial charge >= 0.3 is 0 Å². The van der Waals surface area contributed by atoms with Crippen LogP contribution in [0.1, 0.15) is 0 Å². The Labute approximate surface area is 67.7 Å². The van der Waals surface area contributed by atoms with E-state index in [1.807, 2.05) is 0 Å². The maximum atomic E-state index is 11.4. The highest BCUT2D eigenvalue weighted by Crippen LogP contribution is 2.01. The largest absolute Gasteiger partial charge is 0.276 e. The van der Waals surface area contributed by atoms with Crippen molar-refractivity contribution in [3.8, 4) is 0 Å². The molecule has 0 aliphatic rings. The highest BCUT2D eigenvalue weighted by atomic mass is 16.1. The Kier molecular flexibility index (Phi) is 1.36. The molecule has 2 aromatic rings. The lowest BCUT2D eigenvalue weighted by atomic mass is 10.3. The first-order valence-electron chi connectivity index (χ1n) is 3.42. The third-order valence-corrected chi connectivity index (χ3v) is 1.66. The molecule has 0 spiro atoms. The average molecular weight is 162 g/mol. The zero-order valence-corrected chi connectivity index (χ0v) is 6.43. The van der Waals surface area contributed by atoms with Crippen LogP contribution in [0.2, 0.25) is 0 Å². The summed E-state index contributed by atoms with van der Waals surface area (Å²) in [4.78, 5) is 11.4. The van der Waals surface area contributed by atoms with Gasteiger partial charge in [0.15, 0.2) is 0 Å². The minimum atomic E-state index is -0.151. The van der Waals surface area contributed by atoms with Gasteiger partial charge in [0, 0.05) is 12.4 Å². The van der Waals surface area contributed by atoms with Crippen LogP contribution in [0.5, 0.6) is 0 Å². The number of rotatable bonds is 0. The molecule has 2 rings (SSSR count). The molecule has 0 amide bonds. The smallest absolute Gasteiger partial charge is 0.267 e. The van der Waals surface area contributed by atoms with Gasteiger partial charge in [-0.25, -0.2) is 4.68 Å². The summed E-state index contributed by atoms with van der Waals surface area (Å²) < 4.78 is 1.27. The highest BCUT2D eigenvalue weighted by molar-refractivity contribution is 5.78. The summed E-state index contributed by atoms with van der Waals surface area (Å²) >= 11 is 0. The van der Waals surface area contributed by atoms with Gasteiger partial charge in [-0.15, -0.1) is 0 Å². The fourth-order valence-corrected chi connectivity index (χ4v) is 0.988. The highest BCUT2D eigenvalue weighted by Gasteiger charge is 1.99. The SMILES string of the molecule is Cn1ncc2cnncc2c1=O. The topological polar surface area (TPSA) is 60.7 Å². The molecular formula is C7H6N4O. The van der Waals surface area contributed by atoms with Crippen LogP contribution in [-0.2, 0) is 7.05 Å².